The van der Waals surface area contributed by atoms with Crippen molar-refractivity contribution in [2.75, 3.05) is 6.54 Å². The molecule has 1 heterocycles. The minimum atomic E-state index is -3.51. The van der Waals surface area contributed by atoms with Gasteiger partial charge in [0.25, 0.3) is 10.0 Å². The van der Waals surface area contributed by atoms with Crippen molar-refractivity contribution in [2.24, 2.45) is 5.92 Å². The molecule has 1 aromatic heterocycles. The molecule has 5 nitrogen and oxygen atoms in total. The van der Waals surface area contributed by atoms with Gasteiger partial charge in [0, 0.05) is 12.1 Å². The lowest BCUT2D eigenvalue weighted by Gasteiger charge is -2.24. The van der Waals surface area contributed by atoms with E-state index in [1.807, 2.05) is 20.8 Å². The molecule has 0 aromatic carbocycles. The van der Waals surface area contributed by atoms with Crippen molar-refractivity contribution < 1.29 is 12.8 Å². The fraction of sp³-hybridized carbons (Fsp3) is 0.714. The van der Waals surface area contributed by atoms with Gasteiger partial charge in [-0.3, -0.25) is 0 Å². The summed E-state index contributed by atoms with van der Waals surface area (Å²) in [6.07, 6.45) is 3.43. The Morgan fingerprint density at radius 3 is 2.55 bits per heavy atom. The van der Waals surface area contributed by atoms with Gasteiger partial charge >= 0.3 is 0 Å². The van der Waals surface area contributed by atoms with Gasteiger partial charge in [0.1, 0.15) is 5.76 Å². The van der Waals surface area contributed by atoms with E-state index in [2.05, 4.69) is 10.0 Å². The van der Waals surface area contributed by atoms with E-state index in [1.54, 1.807) is 6.07 Å². The molecule has 1 saturated carbocycles. The second-order valence-electron chi connectivity index (χ2n) is 6.47. The third kappa shape index (κ3) is 4.33. The maximum atomic E-state index is 12.1. The Kier molecular flexibility index (Phi) is 4.56. The molecule has 0 atom stereocenters. The summed E-state index contributed by atoms with van der Waals surface area (Å²) in [5.74, 6) is 1.12. The van der Waals surface area contributed by atoms with Crippen LogP contribution in [0.15, 0.2) is 21.6 Å². The quantitative estimate of drug-likeness (QED) is 0.845. The van der Waals surface area contributed by atoms with Crippen molar-refractivity contribution in [1.29, 1.82) is 0 Å². The zero-order valence-electron chi connectivity index (χ0n) is 12.4. The molecule has 2 rings (SSSR count). The van der Waals surface area contributed by atoms with Crippen LogP contribution in [0.4, 0.5) is 0 Å². The Morgan fingerprint density at radius 1 is 1.30 bits per heavy atom. The maximum absolute atomic E-state index is 12.1. The Hall–Kier alpha value is -0.850. The van der Waals surface area contributed by atoms with Gasteiger partial charge in [0.05, 0.1) is 6.54 Å². The van der Waals surface area contributed by atoms with Crippen LogP contribution >= 0.6 is 0 Å². The maximum Gasteiger partial charge on any atom is 0.273 e. The molecule has 114 valence electrons. The largest absolute Gasteiger partial charge is 0.447 e. The summed E-state index contributed by atoms with van der Waals surface area (Å²) in [4.78, 5) is 0. The van der Waals surface area contributed by atoms with Gasteiger partial charge in [0.2, 0.25) is 5.09 Å². The summed E-state index contributed by atoms with van der Waals surface area (Å²) in [5.41, 5.74) is -0.0334. The van der Waals surface area contributed by atoms with Crippen LogP contribution in [0.1, 0.15) is 45.8 Å². The first-order chi connectivity index (χ1) is 9.26. The van der Waals surface area contributed by atoms with Crippen LogP contribution in [0.25, 0.3) is 0 Å². The van der Waals surface area contributed by atoms with Gasteiger partial charge in [-0.2, -0.15) is 0 Å². The van der Waals surface area contributed by atoms with E-state index in [0.717, 1.165) is 12.8 Å². The predicted octanol–water partition coefficient (Wildman–Crippen LogP) is 2.25. The van der Waals surface area contributed by atoms with Crippen molar-refractivity contribution >= 4 is 10.0 Å². The minimum Gasteiger partial charge on any atom is -0.447 e. The Morgan fingerprint density at radius 2 is 2.00 bits per heavy atom. The monoisotopic (exact) mass is 300 g/mol. The lowest BCUT2D eigenvalue weighted by atomic mass is 9.86. The molecule has 1 aliphatic rings. The fourth-order valence-electron chi connectivity index (χ4n) is 1.95. The van der Waals surface area contributed by atoms with E-state index >= 15 is 0 Å². The number of sulfonamides is 1. The summed E-state index contributed by atoms with van der Waals surface area (Å²) in [6, 6.07) is 3.22. The van der Waals surface area contributed by atoms with Crippen molar-refractivity contribution in [2.45, 2.75) is 57.2 Å². The third-order valence-electron chi connectivity index (χ3n) is 3.48. The summed E-state index contributed by atoms with van der Waals surface area (Å²) in [6.45, 7) is 7.18. The molecule has 0 radical (unpaired) electrons. The topological polar surface area (TPSA) is 71.3 Å². The summed E-state index contributed by atoms with van der Waals surface area (Å²) < 4.78 is 32.2. The standard InChI is InChI=1S/C14H24N2O3S/c1-14(2,3)15-10-12-7-8-13(19-12)20(17,18)16-9-11-5-4-6-11/h7-8,11,15-16H,4-6,9-10H2,1-3H3. The van der Waals surface area contributed by atoms with E-state index in [0.29, 0.717) is 24.8 Å². The van der Waals surface area contributed by atoms with E-state index in [4.69, 9.17) is 4.42 Å². The number of hydrogen-bond donors (Lipinski definition) is 2. The smallest absolute Gasteiger partial charge is 0.273 e. The van der Waals surface area contributed by atoms with Crippen LogP contribution in [0.2, 0.25) is 0 Å². The molecular weight excluding hydrogens is 276 g/mol. The number of hydrogen-bond acceptors (Lipinski definition) is 4. The first-order valence-electron chi connectivity index (χ1n) is 7.10. The first-order valence-corrected chi connectivity index (χ1v) is 8.58. The molecule has 6 heteroatoms. The average molecular weight is 300 g/mol. The first kappa shape index (κ1) is 15.5. The highest BCUT2D eigenvalue weighted by Crippen LogP contribution is 2.26. The van der Waals surface area contributed by atoms with Gasteiger partial charge in [-0.1, -0.05) is 6.42 Å². The van der Waals surface area contributed by atoms with E-state index in [1.165, 1.54) is 12.5 Å². The Labute approximate surface area is 121 Å². The lowest BCUT2D eigenvalue weighted by Crippen LogP contribution is -2.35. The van der Waals surface area contributed by atoms with Gasteiger partial charge in [-0.25, -0.2) is 13.1 Å². The molecule has 0 aliphatic heterocycles. The van der Waals surface area contributed by atoms with Crippen LogP contribution in [0.3, 0.4) is 0 Å². The van der Waals surface area contributed by atoms with Gasteiger partial charge in [-0.05, 0) is 51.7 Å². The molecule has 0 saturated heterocycles. The molecule has 0 unspecified atom stereocenters. The zero-order chi connectivity index (χ0) is 14.8. The van der Waals surface area contributed by atoms with Crippen LogP contribution in [0.5, 0.6) is 0 Å². The van der Waals surface area contributed by atoms with Crippen molar-refractivity contribution in [3.63, 3.8) is 0 Å². The normalized spacial score (nSPS) is 17.1. The molecular formula is C14H24N2O3S. The number of nitrogens with one attached hydrogen (secondary N) is 2. The average Bonchev–Trinajstić information content (AvgIpc) is 2.72. The van der Waals surface area contributed by atoms with Crippen LogP contribution in [-0.4, -0.2) is 20.5 Å². The van der Waals surface area contributed by atoms with Gasteiger partial charge < -0.3 is 9.73 Å². The van der Waals surface area contributed by atoms with E-state index in [-0.39, 0.29) is 10.6 Å². The molecule has 1 fully saturated rings. The molecule has 1 aromatic rings. The van der Waals surface area contributed by atoms with Gasteiger partial charge in [0.15, 0.2) is 0 Å². The Balaban J connectivity index is 1.92. The molecule has 0 amide bonds. The predicted molar refractivity (Wildman–Crippen MR) is 77.8 cm³/mol. The second kappa shape index (κ2) is 5.87. The summed E-state index contributed by atoms with van der Waals surface area (Å²) in [5, 5.41) is 3.26. The van der Waals surface area contributed by atoms with Crippen molar-refractivity contribution in [3.8, 4) is 0 Å². The highest BCUT2D eigenvalue weighted by molar-refractivity contribution is 7.89. The fourth-order valence-corrected chi connectivity index (χ4v) is 3.01. The van der Waals surface area contributed by atoms with E-state index in [9.17, 15) is 8.42 Å². The van der Waals surface area contributed by atoms with Crippen molar-refractivity contribution in [1.82, 2.24) is 10.0 Å². The molecule has 20 heavy (non-hydrogen) atoms. The van der Waals surface area contributed by atoms with Crippen LogP contribution in [0, 0.1) is 5.92 Å². The molecule has 1 aliphatic carbocycles. The molecule has 0 bridgehead atoms. The third-order valence-corrected chi connectivity index (χ3v) is 4.78. The highest BCUT2D eigenvalue weighted by atomic mass is 32.2. The van der Waals surface area contributed by atoms with Gasteiger partial charge in [-0.15, -0.1) is 0 Å². The summed E-state index contributed by atoms with van der Waals surface area (Å²) >= 11 is 0. The number of furan rings is 1. The zero-order valence-corrected chi connectivity index (χ0v) is 13.2. The Bertz CT molecular complexity index is 539. The minimum absolute atomic E-state index is 0.00235. The molecule has 2 N–H and O–H groups in total. The number of rotatable bonds is 6. The highest BCUT2D eigenvalue weighted by Gasteiger charge is 2.23. The lowest BCUT2D eigenvalue weighted by molar-refractivity contribution is 0.314. The molecule has 0 spiro atoms. The van der Waals surface area contributed by atoms with Crippen LogP contribution in [-0.2, 0) is 16.6 Å². The van der Waals surface area contributed by atoms with Crippen LogP contribution < -0.4 is 10.0 Å². The van der Waals surface area contributed by atoms with Crippen molar-refractivity contribution in [3.05, 3.63) is 17.9 Å². The SMILES string of the molecule is CC(C)(C)NCc1ccc(S(=O)(=O)NCC2CCC2)o1. The van der Waals surface area contributed by atoms with E-state index < -0.39 is 10.0 Å². The second-order valence-corrected chi connectivity index (χ2v) is 8.17. The summed E-state index contributed by atoms with van der Waals surface area (Å²) in [7, 11) is -3.51.